The lowest BCUT2D eigenvalue weighted by molar-refractivity contribution is -0.124. The van der Waals surface area contributed by atoms with E-state index in [-0.39, 0.29) is 5.92 Å². The molecule has 1 aliphatic carbocycles. The molecule has 2 nitrogen and oxygen atoms in total. The Bertz CT molecular complexity index is 666. The van der Waals surface area contributed by atoms with Crippen molar-refractivity contribution in [3.63, 3.8) is 0 Å². The molecular formula is C18H23NO. The van der Waals surface area contributed by atoms with Crippen LogP contribution in [0.2, 0.25) is 0 Å². The molecule has 1 aromatic carbocycles. The van der Waals surface area contributed by atoms with Crippen molar-refractivity contribution in [2.75, 3.05) is 0 Å². The van der Waals surface area contributed by atoms with Gasteiger partial charge in [-0.05, 0) is 49.8 Å². The van der Waals surface area contributed by atoms with E-state index in [1.165, 1.54) is 34.0 Å². The van der Waals surface area contributed by atoms with Gasteiger partial charge >= 0.3 is 0 Å². The standard InChI is InChI=1S/C18H23NO/c1-12-8-9-13(2)18-17(12)15(11-19(18)3)10-14-6-4-5-7-16(14)20/h8-9,11,14H,4-7,10H2,1-3H3. The second kappa shape index (κ2) is 5.08. The van der Waals surface area contributed by atoms with Gasteiger partial charge in [0.1, 0.15) is 5.78 Å². The third kappa shape index (κ3) is 2.17. The van der Waals surface area contributed by atoms with E-state index in [2.05, 4.69) is 43.8 Å². The molecule has 106 valence electrons. The Kier molecular flexibility index (Phi) is 3.41. The first kappa shape index (κ1) is 13.4. The van der Waals surface area contributed by atoms with E-state index >= 15 is 0 Å². The predicted molar refractivity (Wildman–Crippen MR) is 83.1 cm³/mol. The highest BCUT2D eigenvalue weighted by atomic mass is 16.1. The van der Waals surface area contributed by atoms with Crippen molar-refractivity contribution in [1.29, 1.82) is 0 Å². The Labute approximate surface area is 120 Å². The number of carbonyl (C=O) groups is 1. The lowest BCUT2D eigenvalue weighted by Crippen LogP contribution is -2.21. The monoisotopic (exact) mass is 269 g/mol. The largest absolute Gasteiger partial charge is 0.350 e. The summed E-state index contributed by atoms with van der Waals surface area (Å²) in [5.41, 5.74) is 5.31. The number of benzene rings is 1. The van der Waals surface area contributed by atoms with Gasteiger partial charge in [-0.25, -0.2) is 0 Å². The van der Waals surface area contributed by atoms with Crippen LogP contribution < -0.4 is 0 Å². The SMILES string of the molecule is Cc1ccc(C)c2c1c(CC1CCCCC1=O)cn2C. The van der Waals surface area contributed by atoms with Crippen LogP contribution in [0.15, 0.2) is 18.3 Å². The molecule has 1 aliphatic rings. The molecule has 1 fully saturated rings. The van der Waals surface area contributed by atoms with Crippen molar-refractivity contribution in [2.24, 2.45) is 13.0 Å². The summed E-state index contributed by atoms with van der Waals surface area (Å²) in [5.74, 6) is 0.716. The average Bonchev–Trinajstić information content (AvgIpc) is 2.75. The zero-order chi connectivity index (χ0) is 14.3. The Balaban J connectivity index is 2.04. The number of fused-ring (bicyclic) bond motifs is 1. The topological polar surface area (TPSA) is 22.0 Å². The number of carbonyl (C=O) groups excluding carboxylic acids is 1. The summed E-state index contributed by atoms with van der Waals surface area (Å²) in [6, 6.07) is 4.39. The molecule has 1 saturated carbocycles. The van der Waals surface area contributed by atoms with E-state index in [4.69, 9.17) is 0 Å². The lowest BCUT2D eigenvalue weighted by atomic mass is 9.83. The summed E-state index contributed by atoms with van der Waals surface area (Å²) in [7, 11) is 2.11. The van der Waals surface area contributed by atoms with Crippen LogP contribution in [0.25, 0.3) is 10.9 Å². The van der Waals surface area contributed by atoms with Crippen LogP contribution in [0, 0.1) is 19.8 Å². The van der Waals surface area contributed by atoms with Crippen molar-refractivity contribution >= 4 is 16.7 Å². The van der Waals surface area contributed by atoms with Crippen molar-refractivity contribution in [2.45, 2.75) is 46.0 Å². The van der Waals surface area contributed by atoms with Crippen LogP contribution in [0.3, 0.4) is 0 Å². The van der Waals surface area contributed by atoms with Gasteiger partial charge in [-0.2, -0.15) is 0 Å². The van der Waals surface area contributed by atoms with Gasteiger partial charge in [0.25, 0.3) is 0 Å². The highest BCUT2D eigenvalue weighted by Crippen LogP contribution is 2.31. The van der Waals surface area contributed by atoms with Gasteiger partial charge < -0.3 is 4.57 Å². The summed E-state index contributed by atoms with van der Waals surface area (Å²) in [6.07, 6.45) is 7.29. The average molecular weight is 269 g/mol. The molecule has 0 spiro atoms. The van der Waals surface area contributed by atoms with Crippen molar-refractivity contribution in [3.05, 3.63) is 35.0 Å². The third-order valence-electron chi connectivity index (χ3n) is 4.76. The van der Waals surface area contributed by atoms with Gasteiger partial charge in [0.2, 0.25) is 0 Å². The number of nitrogens with zero attached hydrogens (tertiary/aromatic N) is 1. The number of ketones is 1. The smallest absolute Gasteiger partial charge is 0.136 e. The molecule has 1 unspecified atom stereocenters. The molecule has 0 N–H and O–H groups in total. The number of aromatic nitrogens is 1. The van der Waals surface area contributed by atoms with Crippen LogP contribution >= 0.6 is 0 Å². The third-order valence-corrected chi connectivity index (χ3v) is 4.76. The maximum atomic E-state index is 12.1. The van der Waals surface area contributed by atoms with Crippen LogP contribution in [-0.2, 0) is 18.3 Å². The fraction of sp³-hybridized carbons (Fsp3) is 0.500. The summed E-state index contributed by atoms with van der Waals surface area (Å²) < 4.78 is 2.22. The number of rotatable bonds is 2. The number of Topliss-reactive ketones (excluding diaryl/α,β-unsaturated/α-hetero) is 1. The van der Waals surface area contributed by atoms with E-state index in [1.807, 2.05) is 0 Å². The molecule has 0 bridgehead atoms. The Morgan fingerprint density at radius 3 is 2.70 bits per heavy atom. The van der Waals surface area contributed by atoms with Crippen molar-refractivity contribution in [3.8, 4) is 0 Å². The second-order valence-corrected chi connectivity index (χ2v) is 6.30. The van der Waals surface area contributed by atoms with Gasteiger partial charge in [-0.3, -0.25) is 4.79 Å². The molecule has 0 radical (unpaired) electrons. The van der Waals surface area contributed by atoms with Crippen molar-refractivity contribution in [1.82, 2.24) is 4.57 Å². The fourth-order valence-corrected chi connectivity index (χ4v) is 3.71. The van der Waals surface area contributed by atoms with Gasteiger partial charge in [0, 0.05) is 31.0 Å². The molecule has 2 heteroatoms. The van der Waals surface area contributed by atoms with Gasteiger partial charge in [0.05, 0.1) is 5.52 Å². The molecule has 3 rings (SSSR count). The molecule has 0 amide bonds. The lowest BCUT2D eigenvalue weighted by Gasteiger charge is -2.20. The summed E-state index contributed by atoms with van der Waals surface area (Å²) in [4.78, 5) is 12.1. The van der Waals surface area contributed by atoms with Gasteiger partial charge in [0.15, 0.2) is 0 Å². The van der Waals surface area contributed by atoms with E-state index in [0.29, 0.717) is 5.78 Å². The van der Waals surface area contributed by atoms with Crippen LogP contribution in [-0.4, -0.2) is 10.4 Å². The van der Waals surface area contributed by atoms with E-state index in [1.54, 1.807) is 0 Å². The van der Waals surface area contributed by atoms with E-state index in [9.17, 15) is 4.79 Å². The zero-order valence-electron chi connectivity index (χ0n) is 12.7. The Morgan fingerprint density at radius 1 is 1.20 bits per heavy atom. The zero-order valence-corrected chi connectivity index (χ0v) is 12.7. The normalized spacial score (nSPS) is 19.8. The summed E-state index contributed by atoms with van der Waals surface area (Å²) in [6.45, 7) is 4.34. The number of hydrogen-bond donors (Lipinski definition) is 0. The molecule has 2 aromatic rings. The number of hydrogen-bond acceptors (Lipinski definition) is 1. The highest BCUT2D eigenvalue weighted by Gasteiger charge is 2.24. The Morgan fingerprint density at radius 2 is 1.95 bits per heavy atom. The first-order chi connectivity index (χ1) is 9.58. The predicted octanol–water partition coefficient (Wildman–Crippen LogP) is 4.10. The van der Waals surface area contributed by atoms with E-state index in [0.717, 1.165) is 25.7 Å². The maximum Gasteiger partial charge on any atom is 0.136 e. The number of aryl methyl sites for hydroxylation is 3. The molecule has 1 atom stereocenters. The van der Waals surface area contributed by atoms with Gasteiger partial charge in [-0.1, -0.05) is 18.6 Å². The molecule has 0 aliphatic heterocycles. The Hall–Kier alpha value is -1.57. The molecule has 20 heavy (non-hydrogen) atoms. The molecule has 0 saturated heterocycles. The second-order valence-electron chi connectivity index (χ2n) is 6.30. The molecular weight excluding hydrogens is 246 g/mol. The quantitative estimate of drug-likeness (QED) is 0.804. The van der Waals surface area contributed by atoms with Gasteiger partial charge in [-0.15, -0.1) is 0 Å². The van der Waals surface area contributed by atoms with Crippen LogP contribution in [0.5, 0.6) is 0 Å². The molecule has 1 aromatic heterocycles. The minimum Gasteiger partial charge on any atom is -0.350 e. The minimum absolute atomic E-state index is 0.245. The fourth-order valence-electron chi connectivity index (χ4n) is 3.71. The van der Waals surface area contributed by atoms with E-state index < -0.39 is 0 Å². The van der Waals surface area contributed by atoms with Crippen LogP contribution in [0.1, 0.15) is 42.4 Å². The first-order valence-electron chi connectivity index (χ1n) is 7.64. The maximum absolute atomic E-state index is 12.1. The molecule has 1 heterocycles. The summed E-state index contributed by atoms with van der Waals surface area (Å²) >= 11 is 0. The minimum atomic E-state index is 0.245. The van der Waals surface area contributed by atoms with Crippen molar-refractivity contribution < 1.29 is 4.79 Å². The highest BCUT2D eigenvalue weighted by molar-refractivity contribution is 5.90. The van der Waals surface area contributed by atoms with Crippen LogP contribution in [0.4, 0.5) is 0 Å². The first-order valence-corrected chi connectivity index (χ1v) is 7.64. The summed E-state index contributed by atoms with van der Waals surface area (Å²) in [5, 5.41) is 1.37.